The molecule has 1 aromatic heterocycles. The molecule has 4 aromatic rings. The summed E-state index contributed by atoms with van der Waals surface area (Å²) < 4.78 is 66.5. The highest BCUT2D eigenvalue weighted by molar-refractivity contribution is 5.94. The van der Waals surface area contributed by atoms with E-state index in [0.717, 1.165) is 11.6 Å². The average molecular weight is 563 g/mol. The van der Waals surface area contributed by atoms with Crippen LogP contribution < -0.4 is 10.7 Å². The summed E-state index contributed by atoms with van der Waals surface area (Å²) in [5.74, 6) is -5.42. The smallest absolute Gasteiger partial charge is 0.478 e. The number of hydrogen-bond donors (Lipinski definition) is 3. The van der Waals surface area contributed by atoms with E-state index in [1.165, 1.54) is 24.3 Å². The summed E-state index contributed by atoms with van der Waals surface area (Å²) in [4.78, 5) is 33.6. The van der Waals surface area contributed by atoms with Crippen LogP contribution in [0.25, 0.3) is 22.3 Å². The van der Waals surface area contributed by atoms with Gasteiger partial charge in [0, 0.05) is 11.1 Å². The van der Waals surface area contributed by atoms with Crippen LogP contribution >= 0.6 is 0 Å². The maximum Gasteiger partial charge on any atom is 0.490 e. The third-order valence-corrected chi connectivity index (χ3v) is 5.82. The lowest BCUT2D eigenvalue weighted by atomic mass is 9.98. The summed E-state index contributed by atoms with van der Waals surface area (Å²) in [7, 11) is 0. The predicted octanol–water partition coefficient (Wildman–Crippen LogP) is 6.86. The van der Waals surface area contributed by atoms with Crippen molar-refractivity contribution in [1.82, 2.24) is 0 Å². The van der Waals surface area contributed by atoms with E-state index < -0.39 is 41.4 Å². The number of carboxylic acids is 2. The van der Waals surface area contributed by atoms with E-state index in [-0.39, 0.29) is 33.6 Å². The number of aryl methyl sites for hydroxylation is 1. The predicted molar refractivity (Wildman–Crippen MR) is 136 cm³/mol. The second kappa shape index (κ2) is 11.6. The van der Waals surface area contributed by atoms with E-state index in [4.69, 9.17) is 14.3 Å². The molecule has 1 unspecified atom stereocenters. The Kier molecular flexibility index (Phi) is 8.61. The van der Waals surface area contributed by atoms with E-state index in [9.17, 15) is 36.6 Å². The van der Waals surface area contributed by atoms with Gasteiger partial charge in [0.1, 0.15) is 28.5 Å². The van der Waals surface area contributed by atoms with Crippen molar-refractivity contribution >= 4 is 28.6 Å². The van der Waals surface area contributed by atoms with Gasteiger partial charge >= 0.3 is 18.1 Å². The average Bonchev–Trinajstić information content (AvgIpc) is 2.86. The lowest BCUT2D eigenvalue weighted by Gasteiger charge is -2.20. The Morgan fingerprint density at radius 3 is 2.12 bits per heavy atom. The molecule has 7 nitrogen and oxygen atoms in total. The molecule has 0 aliphatic heterocycles. The minimum atomic E-state index is -5.08. The first-order valence-electron chi connectivity index (χ1n) is 11.5. The Bertz CT molecular complexity index is 1660. The Morgan fingerprint density at radius 2 is 1.55 bits per heavy atom. The second-order valence-corrected chi connectivity index (χ2v) is 8.73. The summed E-state index contributed by atoms with van der Waals surface area (Å²) in [6.07, 6.45) is -5.08. The summed E-state index contributed by atoms with van der Waals surface area (Å²) in [6.45, 7) is 5.15. The molecule has 3 aromatic carbocycles. The number of carbonyl (C=O) groups is 2. The van der Waals surface area contributed by atoms with E-state index in [1.807, 2.05) is 6.92 Å². The first-order valence-corrected chi connectivity index (χ1v) is 11.5. The van der Waals surface area contributed by atoms with Crippen molar-refractivity contribution in [2.24, 2.45) is 0 Å². The summed E-state index contributed by atoms with van der Waals surface area (Å²) >= 11 is 0. The number of anilines is 1. The normalized spacial score (nSPS) is 11.9. The topological polar surface area (TPSA) is 117 Å². The monoisotopic (exact) mass is 563 g/mol. The van der Waals surface area contributed by atoms with Crippen LogP contribution in [0.15, 0.2) is 63.8 Å². The van der Waals surface area contributed by atoms with Crippen LogP contribution in [0.1, 0.15) is 40.0 Å². The molecule has 0 saturated heterocycles. The van der Waals surface area contributed by atoms with Crippen molar-refractivity contribution in [2.45, 2.75) is 33.0 Å². The molecule has 0 saturated carbocycles. The number of alkyl halides is 3. The Hall–Kier alpha value is -4.74. The summed E-state index contributed by atoms with van der Waals surface area (Å²) in [5.41, 5.74) is 1.36. The van der Waals surface area contributed by atoms with Crippen LogP contribution in [0.3, 0.4) is 0 Å². The minimum absolute atomic E-state index is 0.0912. The lowest BCUT2D eigenvalue weighted by molar-refractivity contribution is -0.192. The maximum atomic E-state index is 14.5. The van der Waals surface area contributed by atoms with Gasteiger partial charge in [-0.1, -0.05) is 24.3 Å². The van der Waals surface area contributed by atoms with Crippen LogP contribution in [0.4, 0.5) is 27.6 Å². The standard InChI is InChI=1S/C26H21F2NO4.C2HF3O2/c1-13-11-17(15(3)29-21-10-6-9-20(28)22(21)26(31)32)25-18(12-13)23(30)14(2)24(33-25)16-7-4-5-8-19(16)27;3-2(4,5)1(6)7/h4-12,15,29H,1-3H3,(H,31,32);(H,6,7). The zero-order valence-electron chi connectivity index (χ0n) is 21.2. The van der Waals surface area contributed by atoms with Crippen molar-refractivity contribution in [1.29, 1.82) is 0 Å². The molecule has 0 amide bonds. The first kappa shape index (κ1) is 29.8. The molecule has 0 spiro atoms. The largest absolute Gasteiger partial charge is 0.490 e. The fraction of sp³-hybridized carbons (Fsp3) is 0.179. The number of nitrogens with one attached hydrogen (secondary N) is 1. The summed E-state index contributed by atoms with van der Waals surface area (Å²) in [5, 5.41) is 19.9. The van der Waals surface area contributed by atoms with Crippen LogP contribution in [0.5, 0.6) is 0 Å². The van der Waals surface area contributed by atoms with Gasteiger partial charge in [-0.2, -0.15) is 13.2 Å². The molecule has 1 atom stereocenters. The zero-order valence-corrected chi connectivity index (χ0v) is 21.2. The van der Waals surface area contributed by atoms with E-state index in [2.05, 4.69) is 5.32 Å². The van der Waals surface area contributed by atoms with Crippen LogP contribution in [-0.4, -0.2) is 28.3 Å². The molecule has 0 aliphatic rings. The van der Waals surface area contributed by atoms with Crippen LogP contribution in [0, 0.1) is 25.5 Å². The second-order valence-electron chi connectivity index (χ2n) is 8.73. The number of benzene rings is 3. The van der Waals surface area contributed by atoms with Crippen molar-refractivity contribution in [2.75, 3.05) is 5.32 Å². The maximum absolute atomic E-state index is 14.5. The van der Waals surface area contributed by atoms with Crippen molar-refractivity contribution in [3.63, 3.8) is 0 Å². The van der Waals surface area contributed by atoms with E-state index in [0.29, 0.717) is 10.9 Å². The number of aromatic carboxylic acids is 1. The number of carboxylic acid groups (broad SMARTS) is 2. The molecule has 0 radical (unpaired) electrons. The third kappa shape index (κ3) is 6.28. The Labute approximate surface area is 223 Å². The molecule has 0 fully saturated rings. The van der Waals surface area contributed by atoms with Crippen molar-refractivity contribution < 1.29 is 46.2 Å². The number of halogens is 5. The molecule has 3 N–H and O–H groups in total. The first-order chi connectivity index (χ1) is 18.6. The lowest BCUT2D eigenvalue weighted by Crippen LogP contribution is -2.21. The number of aliphatic carboxylic acids is 1. The molecular formula is C28H22F5NO6. The molecule has 1 heterocycles. The van der Waals surface area contributed by atoms with Gasteiger partial charge in [0.25, 0.3) is 0 Å². The fourth-order valence-electron chi connectivity index (χ4n) is 3.96. The highest BCUT2D eigenvalue weighted by atomic mass is 19.4. The number of fused-ring (bicyclic) bond motifs is 1. The molecule has 4 rings (SSSR count). The molecule has 210 valence electrons. The zero-order chi connectivity index (χ0) is 29.9. The van der Waals surface area contributed by atoms with Gasteiger partial charge in [-0.05, 0) is 56.7 Å². The Balaban J connectivity index is 0.000000559. The van der Waals surface area contributed by atoms with Crippen LogP contribution in [0.2, 0.25) is 0 Å². The van der Waals surface area contributed by atoms with E-state index >= 15 is 0 Å². The quantitative estimate of drug-likeness (QED) is 0.227. The van der Waals surface area contributed by atoms with Gasteiger partial charge in [0.05, 0.1) is 22.7 Å². The third-order valence-electron chi connectivity index (χ3n) is 5.82. The van der Waals surface area contributed by atoms with Gasteiger partial charge in [-0.15, -0.1) is 0 Å². The minimum Gasteiger partial charge on any atom is -0.478 e. The number of rotatable bonds is 5. The van der Waals surface area contributed by atoms with Gasteiger partial charge in [-0.3, -0.25) is 4.79 Å². The van der Waals surface area contributed by atoms with Crippen LogP contribution in [-0.2, 0) is 4.79 Å². The molecule has 0 bridgehead atoms. The molecular weight excluding hydrogens is 541 g/mol. The van der Waals surface area contributed by atoms with Gasteiger partial charge in [0.15, 0.2) is 5.43 Å². The number of hydrogen-bond acceptors (Lipinski definition) is 5. The highest BCUT2D eigenvalue weighted by Crippen LogP contribution is 2.33. The van der Waals surface area contributed by atoms with Crippen molar-refractivity contribution in [3.8, 4) is 11.3 Å². The van der Waals surface area contributed by atoms with Gasteiger partial charge < -0.3 is 19.9 Å². The SMILES string of the molecule is Cc1cc(C(C)Nc2cccc(F)c2C(=O)O)c2oc(-c3ccccc3F)c(C)c(=O)c2c1.O=C(O)C(F)(F)F. The van der Waals surface area contributed by atoms with E-state index in [1.54, 1.807) is 38.1 Å². The fourth-order valence-corrected chi connectivity index (χ4v) is 3.96. The van der Waals surface area contributed by atoms with Crippen molar-refractivity contribution in [3.05, 3.63) is 98.7 Å². The molecule has 12 heteroatoms. The summed E-state index contributed by atoms with van der Waals surface area (Å²) in [6, 6.07) is 12.9. The molecule has 40 heavy (non-hydrogen) atoms. The highest BCUT2D eigenvalue weighted by Gasteiger charge is 2.38. The molecule has 0 aliphatic carbocycles. The van der Waals surface area contributed by atoms with Gasteiger partial charge in [0.2, 0.25) is 0 Å². The Morgan fingerprint density at radius 1 is 0.950 bits per heavy atom. The van der Waals surface area contributed by atoms with Gasteiger partial charge in [-0.25, -0.2) is 18.4 Å².